The lowest BCUT2D eigenvalue weighted by Crippen LogP contribution is -2.28. The van der Waals surface area contributed by atoms with E-state index in [1.807, 2.05) is 6.92 Å². The molecule has 0 unspecified atom stereocenters. The molecule has 0 aliphatic heterocycles. The normalized spacial score (nSPS) is 19.6. The number of nitrogens with one attached hydrogen (secondary N) is 1. The highest BCUT2D eigenvalue weighted by Crippen LogP contribution is 2.30. The molecule has 2 aromatic carbocycles. The molecule has 1 atom stereocenters. The second-order valence-corrected chi connectivity index (χ2v) is 8.39. The summed E-state index contributed by atoms with van der Waals surface area (Å²) < 4.78 is 10.9. The molecule has 1 amide bonds. The standard InChI is InChI=1S/C24H28ClNO4/c1-15-4-11-20(12-5-15)30-22-13-10-19(25)14-21(22)23(27)26-16(2)17-6-8-18(9-7-17)24(28)29-3/h6-10,13-16,20H,4-5,11-12H2,1-3H3,(H,26,27)/t15-,16-,20+/m0/s1. The summed E-state index contributed by atoms with van der Waals surface area (Å²) in [7, 11) is 1.34. The van der Waals surface area contributed by atoms with Gasteiger partial charge < -0.3 is 14.8 Å². The maximum absolute atomic E-state index is 13.0. The van der Waals surface area contributed by atoms with E-state index in [4.69, 9.17) is 21.1 Å². The van der Waals surface area contributed by atoms with E-state index in [0.29, 0.717) is 21.9 Å². The molecule has 0 heterocycles. The van der Waals surface area contributed by atoms with E-state index in [2.05, 4.69) is 12.2 Å². The highest BCUT2D eigenvalue weighted by molar-refractivity contribution is 6.31. The Kier molecular flexibility index (Phi) is 7.38. The number of methoxy groups -OCH3 is 1. The monoisotopic (exact) mass is 429 g/mol. The summed E-state index contributed by atoms with van der Waals surface area (Å²) >= 11 is 6.16. The zero-order chi connectivity index (χ0) is 21.7. The van der Waals surface area contributed by atoms with Gasteiger partial charge in [-0.05, 0) is 74.4 Å². The average Bonchev–Trinajstić information content (AvgIpc) is 2.76. The van der Waals surface area contributed by atoms with Crippen LogP contribution in [0.5, 0.6) is 5.75 Å². The third kappa shape index (κ3) is 5.54. The summed E-state index contributed by atoms with van der Waals surface area (Å²) in [6, 6.07) is 11.9. The van der Waals surface area contributed by atoms with Crippen molar-refractivity contribution in [1.82, 2.24) is 5.32 Å². The Morgan fingerprint density at radius 3 is 2.37 bits per heavy atom. The third-order valence-corrected chi connectivity index (χ3v) is 5.86. The van der Waals surface area contributed by atoms with Crippen molar-refractivity contribution in [3.63, 3.8) is 0 Å². The van der Waals surface area contributed by atoms with Crippen molar-refractivity contribution in [2.24, 2.45) is 5.92 Å². The predicted octanol–water partition coefficient (Wildman–Crippen LogP) is 5.58. The maximum Gasteiger partial charge on any atom is 0.337 e. The number of rotatable bonds is 6. The number of halogens is 1. The summed E-state index contributed by atoms with van der Waals surface area (Å²) in [4.78, 5) is 24.6. The van der Waals surface area contributed by atoms with Crippen molar-refractivity contribution < 1.29 is 19.1 Å². The first-order valence-electron chi connectivity index (χ1n) is 10.3. The van der Waals surface area contributed by atoms with E-state index in [9.17, 15) is 9.59 Å². The molecular formula is C24H28ClNO4. The molecule has 160 valence electrons. The maximum atomic E-state index is 13.0. The molecule has 0 aromatic heterocycles. The second-order valence-electron chi connectivity index (χ2n) is 7.95. The number of esters is 1. The highest BCUT2D eigenvalue weighted by atomic mass is 35.5. The molecule has 0 radical (unpaired) electrons. The molecule has 1 saturated carbocycles. The molecule has 0 saturated heterocycles. The summed E-state index contributed by atoms with van der Waals surface area (Å²) in [6.07, 6.45) is 4.38. The Bertz CT molecular complexity index is 889. The van der Waals surface area contributed by atoms with Crippen molar-refractivity contribution in [2.45, 2.75) is 51.7 Å². The number of carbonyl (C=O) groups is 2. The summed E-state index contributed by atoms with van der Waals surface area (Å²) in [5.41, 5.74) is 1.77. The predicted molar refractivity (Wildman–Crippen MR) is 117 cm³/mol. The number of hydrogen-bond donors (Lipinski definition) is 1. The van der Waals surface area contributed by atoms with E-state index < -0.39 is 5.97 Å². The summed E-state index contributed by atoms with van der Waals surface area (Å²) in [5, 5.41) is 3.48. The van der Waals surface area contributed by atoms with Crippen LogP contribution in [-0.4, -0.2) is 25.1 Å². The Morgan fingerprint density at radius 1 is 1.07 bits per heavy atom. The van der Waals surface area contributed by atoms with E-state index in [1.54, 1.807) is 42.5 Å². The van der Waals surface area contributed by atoms with Gasteiger partial charge in [-0.25, -0.2) is 4.79 Å². The highest BCUT2D eigenvalue weighted by Gasteiger charge is 2.23. The second kappa shape index (κ2) is 9.98. The molecule has 5 nitrogen and oxygen atoms in total. The first kappa shape index (κ1) is 22.2. The quantitative estimate of drug-likeness (QED) is 0.609. The minimum Gasteiger partial charge on any atom is -0.490 e. The molecule has 3 rings (SSSR count). The number of hydrogen-bond acceptors (Lipinski definition) is 4. The van der Waals surface area contributed by atoms with E-state index >= 15 is 0 Å². The van der Waals surface area contributed by atoms with Crippen LogP contribution in [0, 0.1) is 5.92 Å². The minimum absolute atomic E-state index is 0.122. The largest absolute Gasteiger partial charge is 0.490 e. The van der Waals surface area contributed by atoms with Gasteiger partial charge in [-0.2, -0.15) is 0 Å². The van der Waals surface area contributed by atoms with Crippen LogP contribution in [0.15, 0.2) is 42.5 Å². The van der Waals surface area contributed by atoms with Gasteiger partial charge in [-0.15, -0.1) is 0 Å². The number of ether oxygens (including phenoxy) is 2. The fourth-order valence-corrected chi connectivity index (χ4v) is 3.86. The molecule has 0 bridgehead atoms. The van der Waals surface area contributed by atoms with Gasteiger partial charge in [0.05, 0.1) is 30.4 Å². The molecule has 0 spiro atoms. The molecular weight excluding hydrogens is 402 g/mol. The lowest BCUT2D eigenvalue weighted by atomic mass is 9.89. The van der Waals surface area contributed by atoms with Crippen LogP contribution in [0.4, 0.5) is 0 Å². The Labute approximate surface area is 182 Å². The molecule has 1 aliphatic carbocycles. The van der Waals surface area contributed by atoms with Gasteiger partial charge in [0.15, 0.2) is 0 Å². The molecule has 2 aromatic rings. The number of benzene rings is 2. The molecule has 1 N–H and O–H groups in total. The van der Waals surface area contributed by atoms with Gasteiger partial charge in [0.1, 0.15) is 5.75 Å². The fraction of sp³-hybridized carbons (Fsp3) is 0.417. The molecule has 6 heteroatoms. The van der Waals surface area contributed by atoms with Crippen LogP contribution < -0.4 is 10.1 Å². The van der Waals surface area contributed by atoms with E-state index in [1.165, 1.54) is 7.11 Å². The Morgan fingerprint density at radius 2 is 1.73 bits per heavy atom. The zero-order valence-corrected chi connectivity index (χ0v) is 18.4. The first-order valence-corrected chi connectivity index (χ1v) is 10.7. The van der Waals surface area contributed by atoms with Crippen molar-refractivity contribution in [3.05, 3.63) is 64.2 Å². The van der Waals surface area contributed by atoms with E-state index in [-0.39, 0.29) is 18.1 Å². The Balaban J connectivity index is 1.71. The summed E-state index contributed by atoms with van der Waals surface area (Å²) in [6.45, 7) is 4.15. The van der Waals surface area contributed by atoms with Crippen LogP contribution >= 0.6 is 11.6 Å². The smallest absolute Gasteiger partial charge is 0.337 e. The van der Waals surface area contributed by atoms with Crippen LogP contribution in [-0.2, 0) is 4.74 Å². The SMILES string of the molecule is COC(=O)c1ccc([C@H](C)NC(=O)c2cc(Cl)ccc2O[C@H]2CC[C@@H](C)CC2)cc1. The van der Waals surface area contributed by atoms with Crippen molar-refractivity contribution in [3.8, 4) is 5.75 Å². The van der Waals surface area contributed by atoms with Gasteiger partial charge in [-0.3, -0.25) is 4.79 Å². The van der Waals surface area contributed by atoms with Gasteiger partial charge in [-0.1, -0.05) is 30.7 Å². The van der Waals surface area contributed by atoms with Crippen LogP contribution in [0.3, 0.4) is 0 Å². The van der Waals surface area contributed by atoms with Crippen LogP contribution in [0.1, 0.15) is 71.9 Å². The number of carbonyl (C=O) groups excluding carboxylic acids is 2. The first-order chi connectivity index (χ1) is 14.4. The van der Waals surface area contributed by atoms with Gasteiger partial charge >= 0.3 is 5.97 Å². The Hall–Kier alpha value is -2.53. The van der Waals surface area contributed by atoms with E-state index in [0.717, 1.165) is 37.2 Å². The van der Waals surface area contributed by atoms with Crippen molar-refractivity contribution >= 4 is 23.5 Å². The molecule has 1 fully saturated rings. The van der Waals surface area contributed by atoms with Crippen molar-refractivity contribution in [2.75, 3.05) is 7.11 Å². The minimum atomic E-state index is -0.393. The van der Waals surface area contributed by atoms with Crippen LogP contribution in [0.25, 0.3) is 0 Å². The molecule has 30 heavy (non-hydrogen) atoms. The third-order valence-electron chi connectivity index (χ3n) is 5.62. The number of amides is 1. The summed E-state index contributed by atoms with van der Waals surface area (Å²) in [5.74, 6) is 0.645. The zero-order valence-electron chi connectivity index (χ0n) is 17.6. The fourth-order valence-electron chi connectivity index (χ4n) is 3.69. The lowest BCUT2D eigenvalue weighted by molar-refractivity contribution is 0.0600. The van der Waals surface area contributed by atoms with Gasteiger partial charge in [0, 0.05) is 5.02 Å². The van der Waals surface area contributed by atoms with Crippen LogP contribution in [0.2, 0.25) is 5.02 Å². The van der Waals surface area contributed by atoms with Crippen molar-refractivity contribution in [1.29, 1.82) is 0 Å². The average molecular weight is 430 g/mol. The van der Waals surface area contributed by atoms with Gasteiger partial charge in [0.2, 0.25) is 0 Å². The van der Waals surface area contributed by atoms with Gasteiger partial charge in [0.25, 0.3) is 5.91 Å². The molecule has 1 aliphatic rings. The topological polar surface area (TPSA) is 64.6 Å². The lowest BCUT2D eigenvalue weighted by Gasteiger charge is -2.27.